The highest BCUT2D eigenvalue weighted by Crippen LogP contribution is 2.44. The highest BCUT2D eigenvalue weighted by molar-refractivity contribution is 7.28. The second-order valence-electron chi connectivity index (χ2n) is 9.56. The number of halogens is 8. The summed E-state index contributed by atoms with van der Waals surface area (Å²) in [5.41, 5.74) is -9.27. The zero-order valence-corrected chi connectivity index (χ0v) is 25.3. The summed E-state index contributed by atoms with van der Waals surface area (Å²) in [4.78, 5) is 11.6. The molecule has 0 aliphatic heterocycles. The predicted octanol–water partition coefficient (Wildman–Crippen LogP) is 6.72. The molecule has 0 aliphatic rings. The van der Waals surface area contributed by atoms with E-state index in [1.807, 2.05) is 0 Å². The van der Waals surface area contributed by atoms with Crippen molar-refractivity contribution in [2.75, 3.05) is 0 Å². The largest absolute Gasteiger partial charge is 0.248 e. The zero-order valence-electron chi connectivity index (χ0n) is 23.0. The van der Waals surface area contributed by atoms with E-state index in [2.05, 4.69) is 21.5 Å². The Morgan fingerprint density at radius 3 is 1.66 bits per heavy atom. The first-order valence-electron chi connectivity index (χ1n) is 12.4. The van der Waals surface area contributed by atoms with E-state index in [1.165, 1.54) is 9.24 Å². The molecule has 230 valence electrons. The molecule has 0 radical (unpaired) electrons. The number of aromatic nitrogens is 2. The van der Waals surface area contributed by atoms with Gasteiger partial charge in [0.25, 0.3) is 0 Å². The van der Waals surface area contributed by atoms with Crippen LogP contribution in [0.1, 0.15) is 27.8 Å². The molecule has 0 fully saturated rings. The van der Waals surface area contributed by atoms with Crippen molar-refractivity contribution in [1.29, 1.82) is 21.0 Å². The molecule has 17 heteroatoms. The lowest BCUT2D eigenvalue weighted by atomic mass is 9.87. The second-order valence-corrected chi connectivity index (χ2v) is 10.7. The predicted molar refractivity (Wildman–Crippen MR) is 160 cm³/mol. The fraction of sp³-hybridized carbons (Fsp3) is 0.0333. The van der Waals surface area contributed by atoms with Gasteiger partial charge in [0, 0.05) is 32.5 Å². The fourth-order valence-electron chi connectivity index (χ4n) is 5.04. The number of nitriles is 4. The van der Waals surface area contributed by atoms with Crippen LogP contribution in [0.25, 0.3) is 44.0 Å². The summed E-state index contributed by atoms with van der Waals surface area (Å²) in [5, 5.41) is 36.6. The molecule has 2 unspecified atom stereocenters. The van der Waals surface area contributed by atoms with Crippen LogP contribution in [0.2, 0.25) is 0 Å². The lowest BCUT2D eigenvalue weighted by Gasteiger charge is -2.18. The topological polar surface area (TPSA) is 133 Å². The first-order chi connectivity index (χ1) is 22.2. The van der Waals surface area contributed by atoms with Gasteiger partial charge in [0.1, 0.15) is 41.1 Å². The molecule has 0 amide bonds. The minimum absolute atomic E-state index is 0.318. The minimum atomic E-state index is -2.19. The van der Waals surface area contributed by atoms with E-state index in [-0.39, 0.29) is 5.56 Å². The van der Waals surface area contributed by atoms with Gasteiger partial charge in [-0.1, -0.05) is 15.8 Å². The van der Waals surface area contributed by atoms with Gasteiger partial charge in [0.15, 0.2) is 34.9 Å². The van der Waals surface area contributed by atoms with Gasteiger partial charge in [-0.25, -0.2) is 45.7 Å². The zero-order chi connectivity index (χ0) is 34.8. The van der Waals surface area contributed by atoms with E-state index in [0.717, 1.165) is 6.92 Å². The number of rotatable bonds is 3. The summed E-state index contributed by atoms with van der Waals surface area (Å²) < 4.78 is 119. The highest BCUT2D eigenvalue weighted by Gasteiger charge is 2.32. The molecule has 1 heterocycles. The molecular weight excluding hydrogens is 672 g/mol. The van der Waals surface area contributed by atoms with Crippen LogP contribution in [0.4, 0.5) is 40.8 Å². The number of aryl methyl sites for hydroxylation is 1. The summed E-state index contributed by atoms with van der Waals surface area (Å²) in [6.45, 7) is 3.92. The molecule has 5 rings (SSSR count). The molecule has 47 heavy (non-hydrogen) atoms. The van der Waals surface area contributed by atoms with Crippen molar-refractivity contribution >= 4 is 73.6 Å². The normalized spacial score (nSPS) is 11.4. The van der Waals surface area contributed by atoms with Crippen LogP contribution < -0.4 is 10.6 Å². The molecule has 5 aromatic rings. The Hall–Kier alpha value is -5.59. The van der Waals surface area contributed by atoms with Crippen molar-refractivity contribution in [2.45, 2.75) is 6.92 Å². The Balaban J connectivity index is 2.14. The van der Waals surface area contributed by atoms with E-state index in [1.54, 1.807) is 33.5 Å². The third-order valence-electron chi connectivity index (χ3n) is 7.15. The smallest absolute Gasteiger partial charge is 0.241 e. The maximum atomic E-state index is 16.2. The second kappa shape index (κ2) is 11.6. The SMILES string of the molecule is C=C(F)C(F)=Nc1c(C)c2nc3c(F)c(-c4c(F)c(F)c(F)c(P)c4F)c(P)c(F)c3nc2c2c(C#N)c(C#N)c(C#N)c(C#N)c12. The Morgan fingerprint density at radius 2 is 1.13 bits per heavy atom. The van der Waals surface area contributed by atoms with Crippen molar-refractivity contribution in [1.82, 2.24) is 9.97 Å². The molecule has 1 aromatic heterocycles. The molecule has 2 atom stereocenters. The fourth-order valence-corrected chi connectivity index (χ4v) is 5.71. The van der Waals surface area contributed by atoms with Crippen LogP contribution in [-0.4, -0.2) is 15.9 Å². The van der Waals surface area contributed by atoms with Gasteiger partial charge in [0.05, 0.1) is 44.5 Å². The maximum Gasteiger partial charge on any atom is 0.248 e. The van der Waals surface area contributed by atoms with Gasteiger partial charge >= 0.3 is 0 Å². The van der Waals surface area contributed by atoms with Gasteiger partial charge in [-0.05, 0) is 6.92 Å². The first-order valence-corrected chi connectivity index (χ1v) is 13.6. The monoisotopic (exact) mass is 681 g/mol. The molecule has 0 saturated heterocycles. The molecule has 4 aromatic carbocycles. The summed E-state index contributed by atoms with van der Waals surface area (Å²) in [7, 11) is 3.15. The molecule has 0 spiro atoms. The van der Waals surface area contributed by atoms with E-state index in [4.69, 9.17) is 0 Å². The average molecular weight is 681 g/mol. The van der Waals surface area contributed by atoms with Gasteiger partial charge in [-0.15, -0.1) is 9.24 Å². The lowest BCUT2D eigenvalue weighted by Crippen LogP contribution is -2.18. The van der Waals surface area contributed by atoms with Crippen LogP contribution in [-0.2, 0) is 0 Å². The van der Waals surface area contributed by atoms with E-state index in [9.17, 15) is 43.0 Å². The summed E-state index contributed by atoms with van der Waals surface area (Å²) >= 11 is 0. The third kappa shape index (κ3) is 4.55. The average Bonchev–Trinajstić information content (AvgIpc) is 3.06. The molecule has 0 aliphatic carbocycles. The van der Waals surface area contributed by atoms with Crippen molar-refractivity contribution < 1.29 is 35.1 Å². The molecule has 7 nitrogen and oxygen atoms in total. The number of benzene rings is 4. The van der Waals surface area contributed by atoms with Gasteiger partial charge in [0.2, 0.25) is 5.97 Å². The number of allylic oxidation sites excluding steroid dienone is 1. The van der Waals surface area contributed by atoms with Crippen molar-refractivity contribution in [3.05, 3.63) is 75.1 Å². The number of fused-ring (bicyclic) bond motifs is 4. The number of hydrogen-bond donors (Lipinski definition) is 0. The van der Waals surface area contributed by atoms with Gasteiger partial charge in [-0.2, -0.15) is 25.4 Å². The van der Waals surface area contributed by atoms with Gasteiger partial charge < -0.3 is 0 Å². The Kier molecular flexibility index (Phi) is 8.13. The maximum absolute atomic E-state index is 16.2. The number of nitrogens with zero attached hydrogens (tertiary/aromatic N) is 7. The molecule has 0 N–H and O–H groups in total. The van der Waals surface area contributed by atoms with E-state index >= 15 is 13.2 Å². The summed E-state index contributed by atoms with van der Waals surface area (Å²) in [6, 6.07) is 6.55. The Labute approximate surface area is 262 Å². The van der Waals surface area contributed by atoms with Crippen molar-refractivity contribution in [3.8, 4) is 35.4 Å². The van der Waals surface area contributed by atoms with Crippen LogP contribution in [0.5, 0.6) is 0 Å². The van der Waals surface area contributed by atoms with Crippen LogP contribution in [0.15, 0.2) is 17.4 Å². The lowest BCUT2D eigenvalue weighted by molar-refractivity contribution is 0.443. The van der Waals surface area contributed by atoms with Crippen LogP contribution >= 0.6 is 18.5 Å². The Bertz CT molecular complexity index is 2530. The Morgan fingerprint density at radius 1 is 0.617 bits per heavy atom. The highest BCUT2D eigenvalue weighted by atomic mass is 31.0. The molecular formula is C30H9F8N7P2. The standard InChI is InChI=1S/C30H9F8N7P2/c1-7-23(45-30(38)8(2)31)13-11(5-41)9(3-39)10(4-40)12(6-42)14(13)25-24(7)43-26-18(33)16(28(46)22(37)27(26)44-25)15-17(32)20(35)21(36)29(47)19(15)34/h2,46-47H2,1H3. The van der Waals surface area contributed by atoms with Crippen LogP contribution in [0, 0.1) is 87.2 Å². The quantitative estimate of drug-likeness (QED) is 0.0395. The van der Waals surface area contributed by atoms with Crippen LogP contribution in [0.3, 0.4) is 0 Å². The summed E-state index contributed by atoms with van der Waals surface area (Å²) in [6.07, 6.45) is 0. The third-order valence-corrected chi connectivity index (χ3v) is 8.20. The van der Waals surface area contributed by atoms with Gasteiger partial charge in [-0.3, -0.25) is 0 Å². The minimum Gasteiger partial charge on any atom is -0.241 e. The molecule has 0 bridgehead atoms. The number of hydrogen-bond acceptors (Lipinski definition) is 7. The number of aliphatic imine (C=N–C) groups is 1. The first kappa shape index (κ1) is 32.8. The van der Waals surface area contributed by atoms with Crippen molar-refractivity contribution in [3.63, 3.8) is 0 Å². The van der Waals surface area contributed by atoms with E-state index in [0.29, 0.717) is 0 Å². The van der Waals surface area contributed by atoms with E-state index < -0.39 is 129 Å². The summed E-state index contributed by atoms with van der Waals surface area (Å²) in [5.74, 6) is -14.8. The van der Waals surface area contributed by atoms with Crippen molar-refractivity contribution in [2.24, 2.45) is 4.99 Å². The molecule has 0 saturated carbocycles.